The second-order valence-corrected chi connectivity index (χ2v) is 7.99. The van der Waals surface area contributed by atoms with Crippen molar-refractivity contribution in [2.45, 2.75) is 44.3 Å². The molecule has 1 unspecified atom stereocenters. The number of urea groups is 1. The summed E-state index contributed by atoms with van der Waals surface area (Å²) < 4.78 is 45.9. The van der Waals surface area contributed by atoms with Gasteiger partial charge in [-0.2, -0.15) is 13.2 Å². The summed E-state index contributed by atoms with van der Waals surface area (Å²) in [7, 11) is 1.42. The Bertz CT molecular complexity index is 1000. The lowest BCUT2D eigenvalue weighted by Gasteiger charge is -2.24. The third kappa shape index (κ3) is 5.93. The number of nitrogens with two attached hydrogens (primary N) is 1. The Hall–Kier alpha value is -3.23. The number of aliphatic carboxylic acids is 1. The highest BCUT2D eigenvalue weighted by atomic mass is 19.4. The number of carbonyl (C=O) groups excluding carboxylic acids is 1. The molecule has 4 N–H and O–H groups in total. The summed E-state index contributed by atoms with van der Waals surface area (Å²) in [6.07, 6.45) is -1.53. The highest BCUT2D eigenvalue weighted by Crippen LogP contribution is 2.42. The Morgan fingerprint density at radius 1 is 1.19 bits per heavy atom. The zero-order valence-electron chi connectivity index (χ0n) is 17.5. The normalized spacial score (nSPS) is 14.6. The molecule has 2 amide bonds. The molecule has 0 aliphatic heterocycles. The number of carboxylic acids is 1. The molecule has 1 fully saturated rings. The van der Waals surface area contributed by atoms with Gasteiger partial charge in [-0.25, -0.2) is 4.79 Å². The van der Waals surface area contributed by atoms with Crippen LogP contribution in [0.5, 0.6) is 5.75 Å². The summed E-state index contributed by atoms with van der Waals surface area (Å²) >= 11 is 0. The summed E-state index contributed by atoms with van der Waals surface area (Å²) in [6.45, 7) is 0. The topological polar surface area (TPSA) is 102 Å². The van der Waals surface area contributed by atoms with Crippen LogP contribution in [0, 0.1) is 5.92 Å². The minimum Gasteiger partial charge on any atom is -0.496 e. The van der Waals surface area contributed by atoms with Gasteiger partial charge in [0.25, 0.3) is 0 Å². The molecule has 0 heterocycles. The van der Waals surface area contributed by atoms with Gasteiger partial charge in [0.1, 0.15) is 5.75 Å². The van der Waals surface area contributed by atoms with Crippen LogP contribution < -0.4 is 15.8 Å². The Morgan fingerprint density at radius 2 is 1.91 bits per heavy atom. The van der Waals surface area contributed by atoms with E-state index in [1.165, 1.54) is 13.2 Å². The summed E-state index contributed by atoms with van der Waals surface area (Å²) in [5.74, 6) is -0.165. The zero-order chi connectivity index (χ0) is 23.5. The molecule has 9 heteroatoms. The molecule has 1 atom stereocenters. The summed E-state index contributed by atoms with van der Waals surface area (Å²) in [6, 6.07) is 6.49. The number of halogens is 3. The molecular weight excluding hydrogens is 425 g/mol. The number of ether oxygens (including phenoxy) is 1. The molecule has 2 aromatic carbocycles. The molecule has 0 bridgehead atoms. The Balaban J connectivity index is 2.15. The van der Waals surface area contributed by atoms with Crippen LogP contribution >= 0.6 is 0 Å². The van der Waals surface area contributed by atoms with E-state index in [-0.39, 0.29) is 12.0 Å². The quantitative estimate of drug-likeness (QED) is 0.505. The first kappa shape index (κ1) is 23.4. The molecule has 172 valence electrons. The maximum absolute atomic E-state index is 13.5. The van der Waals surface area contributed by atoms with Crippen molar-refractivity contribution >= 4 is 12.0 Å². The lowest BCUT2D eigenvalue weighted by molar-refractivity contribution is -0.138. The van der Waals surface area contributed by atoms with Gasteiger partial charge in [0.15, 0.2) is 0 Å². The van der Waals surface area contributed by atoms with Gasteiger partial charge in [-0.15, -0.1) is 0 Å². The van der Waals surface area contributed by atoms with Gasteiger partial charge in [0.2, 0.25) is 0 Å². The highest BCUT2D eigenvalue weighted by molar-refractivity contribution is 5.78. The van der Waals surface area contributed by atoms with E-state index in [1.54, 1.807) is 18.2 Å². The van der Waals surface area contributed by atoms with Crippen molar-refractivity contribution in [1.29, 1.82) is 0 Å². The van der Waals surface area contributed by atoms with E-state index in [9.17, 15) is 22.8 Å². The van der Waals surface area contributed by atoms with E-state index in [0.717, 1.165) is 31.4 Å². The number of methoxy groups -OCH3 is 1. The average Bonchev–Trinajstić information content (AvgIpc) is 3.54. The number of hydrogen-bond donors (Lipinski definition) is 3. The molecule has 6 nitrogen and oxygen atoms in total. The Morgan fingerprint density at radius 3 is 2.47 bits per heavy atom. The minimum atomic E-state index is -4.57. The average molecular weight is 450 g/mol. The van der Waals surface area contributed by atoms with Crippen molar-refractivity contribution in [2.75, 3.05) is 7.11 Å². The third-order valence-corrected chi connectivity index (χ3v) is 5.54. The molecule has 1 aliphatic carbocycles. The smallest absolute Gasteiger partial charge is 0.416 e. The fourth-order valence-corrected chi connectivity index (χ4v) is 3.81. The van der Waals surface area contributed by atoms with Crippen molar-refractivity contribution < 1.29 is 32.6 Å². The number of hydrogen-bond acceptors (Lipinski definition) is 3. The molecule has 0 saturated heterocycles. The van der Waals surface area contributed by atoms with Gasteiger partial charge in [0.05, 0.1) is 25.1 Å². The molecule has 32 heavy (non-hydrogen) atoms. The number of benzene rings is 2. The number of amides is 2. The van der Waals surface area contributed by atoms with Gasteiger partial charge in [0, 0.05) is 5.56 Å². The SMILES string of the molecule is COc1ccc(CC(=O)O)cc1-c1ccc(C(F)(F)F)cc1C(CCC1CC1)NC(N)=O. The van der Waals surface area contributed by atoms with Gasteiger partial charge in [-0.3, -0.25) is 4.79 Å². The van der Waals surface area contributed by atoms with Crippen molar-refractivity contribution in [1.82, 2.24) is 5.32 Å². The number of rotatable bonds is 9. The summed E-state index contributed by atoms with van der Waals surface area (Å²) in [5, 5.41) is 11.7. The molecule has 3 rings (SSSR count). The van der Waals surface area contributed by atoms with E-state index in [4.69, 9.17) is 15.6 Å². The first-order valence-corrected chi connectivity index (χ1v) is 10.2. The van der Waals surface area contributed by atoms with E-state index in [0.29, 0.717) is 34.8 Å². The molecule has 1 saturated carbocycles. The number of carbonyl (C=O) groups is 2. The maximum atomic E-state index is 13.5. The standard InChI is InChI=1S/C23H25F3N2O4/c1-32-20-9-5-14(11-21(29)30)10-18(20)16-7-6-15(23(24,25)26)12-17(16)19(28-22(27)31)8-4-13-2-3-13/h5-7,9-10,12-13,19H,2-4,8,11H2,1H3,(H,29,30)(H3,27,28,31). The predicted molar refractivity (Wildman–Crippen MR) is 112 cm³/mol. The van der Waals surface area contributed by atoms with Crippen molar-refractivity contribution in [3.8, 4) is 16.9 Å². The lowest BCUT2D eigenvalue weighted by atomic mass is 9.89. The van der Waals surface area contributed by atoms with Crippen LogP contribution in [-0.4, -0.2) is 24.2 Å². The minimum absolute atomic E-state index is 0.252. The first-order chi connectivity index (χ1) is 15.1. The van der Waals surface area contributed by atoms with Gasteiger partial charge >= 0.3 is 18.2 Å². The molecule has 0 aromatic heterocycles. The molecule has 0 spiro atoms. The fourth-order valence-electron chi connectivity index (χ4n) is 3.81. The highest BCUT2D eigenvalue weighted by Gasteiger charge is 2.33. The van der Waals surface area contributed by atoms with Crippen LogP contribution in [0.15, 0.2) is 36.4 Å². The van der Waals surface area contributed by atoms with E-state index < -0.39 is 29.8 Å². The Labute approximate surface area is 183 Å². The second kappa shape index (κ2) is 9.50. The lowest BCUT2D eigenvalue weighted by Crippen LogP contribution is -2.33. The second-order valence-electron chi connectivity index (χ2n) is 7.99. The molecular formula is C23H25F3N2O4. The van der Waals surface area contributed by atoms with Crippen LogP contribution in [0.2, 0.25) is 0 Å². The fraction of sp³-hybridized carbons (Fsp3) is 0.391. The van der Waals surface area contributed by atoms with E-state index >= 15 is 0 Å². The van der Waals surface area contributed by atoms with Gasteiger partial charge in [-0.05, 0) is 59.7 Å². The van der Waals surface area contributed by atoms with Crippen LogP contribution in [0.3, 0.4) is 0 Å². The number of carboxylic acid groups (broad SMARTS) is 1. The van der Waals surface area contributed by atoms with Gasteiger partial charge in [-0.1, -0.05) is 25.0 Å². The van der Waals surface area contributed by atoms with Crippen LogP contribution in [0.4, 0.5) is 18.0 Å². The predicted octanol–water partition coefficient (Wildman–Crippen LogP) is 4.91. The van der Waals surface area contributed by atoms with Crippen molar-refractivity contribution in [3.05, 3.63) is 53.1 Å². The monoisotopic (exact) mass is 450 g/mol. The number of alkyl halides is 3. The summed E-state index contributed by atoms with van der Waals surface area (Å²) in [4.78, 5) is 22.8. The van der Waals surface area contributed by atoms with E-state index in [1.807, 2.05) is 0 Å². The largest absolute Gasteiger partial charge is 0.496 e. The van der Waals surface area contributed by atoms with Crippen LogP contribution in [-0.2, 0) is 17.4 Å². The van der Waals surface area contributed by atoms with Crippen LogP contribution in [0.1, 0.15) is 48.4 Å². The molecule has 2 aromatic rings. The maximum Gasteiger partial charge on any atom is 0.416 e. The summed E-state index contributed by atoms with van der Waals surface area (Å²) in [5.41, 5.74) is 6.07. The zero-order valence-corrected chi connectivity index (χ0v) is 17.5. The first-order valence-electron chi connectivity index (χ1n) is 10.2. The number of nitrogens with one attached hydrogen (secondary N) is 1. The van der Waals surface area contributed by atoms with Crippen molar-refractivity contribution in [2.24, 2.45) is 11.7 Å². The van der Waals surface area contributed by atoms with Gasteiger partial charge < -0.3 is 20.9 Å². The van der Waals surface area contributed by atoms with Crippen molar-refractivity contribution in [3.63, 3.8) is 0 Å². The van der Waals surface area contributed by atoms with E-state index in [2.05, 4.69) is 5.32 Å². The third-order valence-electron chi connectivity index (χ3n) is 5.54. The Kier molecular flexibility index (Phi) is 6.96. The molecule has 1 aliphatic rings. The molecule has 0 radical (unpaired) electrons. The van der Waals surface area contributed by atoms with Crippen LogP contribution in [0.25, 0.3) is 11.1 Å². The number of primary amides is 1.